The van der Waals surface area contributed by atoms with E-state index in [-0.39, 0.29) is 36.1 Å². The zero-order valence-electron chi connectivity index (χ0n) is 15.4. The van der Waals surface area contributed by atoms with Crippen LogP contribution in [0.4, 0.5) is 4.39 Å². The minimum absolute atomic E-state index is 0.136. The van der Waals surface area contributed by atoms with Crippen molar-refractivity contribution in [3.63, 3.8) is 0 Å². The normalized spacial score (nSPS) is 10.6. The fourth-order valence-corrected chi connectivity index (χ4v) is 2.86. The van der Waals surface area contributed by atoms with Gasteiger partial charge in [-0.05, 0) is 42.1 Å². The maximum absolute atomic E-state index is 12.9. The molecule has 0 radical (unpaired) electrons. The molecule has 2 amide bonds. The van der Waals surface area contributed by atoms with Gasteiger partial charge in [-0.3, -0.25) is 14.4 Å². The molecule has 0 unspecified atom stereocenters. The maximum Gasteiger partial charge on any atom is 0.270 e. The van der Waals surface area contributed by atoms with Crippen LogP contribution in [-0.2, 0) is 11.3 Å². The predicted molar refractivity (Wildman–Crippen MR) is 104 cm³/mol. The molecule has 0 spiro atoms. The van der Waals surface area contributed by atoms with Crippen molar-refractivity contribution >= 4 is 22.6 Å². The molecule has 7 heteroatoms. The summed E-state index contributed by atoms with van der Waals surface area (Å²) in [5.41, 5.74) is 0.540. The number of H-pyrrole nitrogens is 1. The summed E-state index contributed by atoms with van der Waals surface area (Å²) in [6.07, 6.45) is 0. The van der Waals surface area contributed by atoms with Gasteiger partial charge >= 0.3 is 0 Å². The van der Waals surface area contributed by atoms with E-state index in [1.54, 1.807) is 49.4 Å². The molecule has 144 valence electrons. The molecule has 1 heterocycles. The molecule has 0 aliphatic carbocycles. The first-order chi connectivity index (χ1) is 13.5. The number of rotatable bonds is 6. The zero-order valence-corrected chi connectivity index (χ0v) is 15.4. The third kappa shape index (κ3) is 4.43. The number of nitrogens with one attached hydrogen (secondary N) is 2. The van der Waals surface area contributed by atoms with Gasteiger partial charge in [0.25, 0.3) is 11.5 Å². The van der Waals surface area contributed by atoms with Crippen LogP contribution in [-0.4, -0.2) is 34.8 Å². The van der Waals surface area contributed by atoms with Gasteiger partial charge in [0.15, 0.2) is 0 Å². The lowest BCUT2D eigenvalue weighted by atomic mass is 10.1. The van der Waals surface area contributed by atoms with E-state index in [4.69, 9.17) is 0 Å². The van der Waals surface area contributed by atoms with Gasteiger partial charge in [-0.2, -0.15) is 0 Å². The highest BCUT2D eigenvalue weighted by molar-refractivity contribution is 5.98. The van der Waals surface area contributed by atoms with Crippen LogP contribution in [0.15, 0.2) is 59.4 Å². The van der Waals surface area contributed by atoms with Crippen molar-refractivity contribution in [1.82, 2.24) is 15.2 Å². The highest BCUT2D eigenvalue weighted by Gasteiger charge is 2.19. The van der Waals surface area contributed by atoms with E-state index in [1.807, 2.05) is 0 Å². The first-order valence-electron chi connectivity index (χ1n) is 8.90. The standard InChI is InChI=1S/C21H20FN3O3/c1-2-25(13-19(26)23-12-14-7-9-16(22)10-8-14)21(28)18-11-15-5-3-4-6-17(15)20(27)24-18/h3-11H,2,12-13H2,1H3,(H,23,26)(H,24,27). The van der Waals surface area contributed by atoms with Crippen molar-refractivity contribution in [3.8, 4) is 0 Å². The molecule has 28 heavy (non-hydrogen) atoms. The van der Waals surface area contributed by atoms with Crippen molar-refractivity contribution in [2.24, 2.45) is 0 Å². The summed E-state index contributed by atoms with van der Waals surface area (Å²) < 4.78 is 12.9. The topological polar surface area (TPSA) is 82.3 Å². The number of carbonyl (C=O) groups excluding carboxylic acids is 2. The first kappa shape index (κ1) is 19.3. The van der Waals surface area contributed by atoms with Crippen LogP contribution in [0.3, 0.4) is 0 Å². The SMILES string of the molecule is CCN(CC(=O)NCc1ccc(F)cc1)C(=O)c1cc2ccccc2c(=O)[nH]1. The number of pyridine rings is 1. The summed E-state index contributed by atoms with van der Waals surface area (Å²) in [6, 6.07) is 14.4. The number of amides is 2. The van der Waals surface area contributed by atoms with Crippen molar-refractivity contribution in [2.75, 3.05) is 13.1 Å². The van der Waals surface area contributed by atoms with E-state index in [0.717, 1.165) is 5.56 Å². The van der Waals surface area contributed by atoms with Crippen molar-refractivity contribution in [3.05, 3.63) is 82.0 Å². The van der Waals surface area contributed by atoms with Gasteiger partial charge in [-0.25, -0.2) is 4.39 Å². The number of likely N-dealkylation sites (N-methyl/N-ethyl adjacent to an activating group) is 1. The average molecular weight is 381 g/mol. The Bertz CT molecular complexity index is 1060. The van der Waals surface area contributed by atoms with E-state index >= 15 is 0 Å². The smallest absolute Gasteiger partial charge is 0.270 e. The predicted octanol–water partition coefficient (Wildman–Crippen LogP) is 2.45. The Balaban J connectivity index is 1.68. The molecule has 0 atom stereocenters. The highest BCUT2D eigenvalue weighted by atomic mass is 19.1. The zero-order chi connectivity index (χ0) is 20.1. The van der Waals surface area contributed by atoms with Crippen molar-refractivity contribution < 1.29 is 14.0 Å². The van der Waals surface area contributed by atoms with Crippen LogP contribution in [0.5, 0.6) is 0 Å². The largest absolute Gasteiger partial charge is 0.350 e. The van der Waals surface area contributed by atoms with E-state index in [2.05, 4.69) is 10.3 Å². The Labute approximate surface area is 161 Å². The number of aromatic amines is 1. The second kappa shape index (κ2) is 8.47. The van der Waals surface area contributed by atoms with Crippen molar-refractivity contribution in [1.29, 1.82) is 0 Å². The highest BCUT2D eigenvalue weighted by Crippen LogP contribution is 2.11. The summed E-state index contributed by atoms with van der Waals surface area (Å²) >= 11 is 0. The van der Waals surface area contributed by atoms with Crippen LogP contribution in [0.1, 0.15) is 23.0 Å². The Morgan fingerprint density at radius 3 is 2.54 bits per heavy atom. The Hall–Kier alpha value is -3.48. The lowest BCUT2D eigenvalue weighted by Crippen LogP contribution is -2.41. The van der Waals surface area contributed by atoms with E-state index in [0.29, 0.717) is 17.3 Å². The number of benzene rings is 2. The fourth-order valence-electron chi connectivity index (χ4n) is 2.86. The van der Waals surface area contributed by atoms with Crippen LogP contribution in [0.2, 0.25) is 0 Å². The molecule has 2 N–H and O–H groups in total. The molecule has 0 saturated carbocycles. The van der Waals surface area contributed by atoms with Gasteiger partial charge in [0.1, 0.15) is 11.5 Å². The maximum atomic E-state index is 12.9. The van der Waals surface area contributed by atoms with Crippen molar-refractivity contribution in [2.45, 2.75) is 13.5 Å². The molecular weight excluding hydrogens is 361 g/mol. The number of fused-ring (bicyclic) bond motifs is 1. The lowest BCUT2D eigenvalue weighted by molar-refractivity contribution is -0.121. The minimum Gasteiger partial charge on any atom is -0.350 e. The van der Waals surface area contributed by atoms with Crippen LogP contribution in [0, 0.1) is 5.82 Å². The average Bonchev–Trinajstić information content (AvgIpc) is 2.71. The number of carbonyl (C=O) groups is 2. The molecule has 1 aromatic heterocycles. The molecule has 0 fully saturated rings. The minimum atomic E-state index is -0.428. The fraction of sp³-hybridized carbons (Fsp3) is 0.190. The van der Waals surface area contributed by atoms with E-state index in [9.17, 15) is 18.8 Å². The number of halogens is 1. The molecule has 0 bridgehead atoms. The van der Waals surface area contributed by atoms with E-state index in [1.165, 1.54) is 17.0 Å². The molecular formula is C21H20FN3O3. The molecule has 3 rings (SSSR count). The first-order valence-corrected chi connectivity index (χ1v) is 8.90. The number of hydrogen-bond acceptors (Lipinski definition) is 3. The molecule has 0 aliphatic heterocycles. The van der Waals surface area contributed by atoms with Gasteiger partial charge in [0.2, 0.25) is 5.91 Å². The van der Waals surface area contributed by atoms with Crippen LogP contribution >= 0.6 is 0 Å². The lowest BCUT2D eigenvalue weighted by Gasteiger charge is -2.20. The van der Waals surface area contributed by atoms with Gasteiger partial charge in [-0.1, -0.05) is 30.3 Å². The number of aromatic nitrogens is 1. The number of hydrogen-bond donors (Lipinski definition) is 2. The Morgan fingerprint density at radius 2 is 1.82 bits per heavy atom. The molecule has 2 aromatic carbocycles. The Morgan fingerprint density at radius 1 is 1.11 bits per heavy atom. The molecule has 6 nitrogen and oxygen atoms in total. The summed E-state index contributed by atoms with van der Waals surface area (Å²) in [5, 5.41) is 3.86. The van der Waals surface area contributed by atoms with Gasteiger partial charge in [0, 0.05) is 18.5 Å². The molecule has 0 aliphatic rings. The van der Waals surface area contributed by atoms with Gasteiger partial charge in [-0.15, -0.1) is 0 Å². The molecule has 3 aromatic rings. The van der Waals surface area contributed by atoms with Gasteiger partial charge in [0.05, 0.1) is 6.54 Å². The second-order valence-electron chi connectivity index (χ2n) is 6.32. The number of nitrogens with zero attached hydrogens (tertiary/aromatic N) is 1. The monoisotopic (exact) mass is 381 g/mol. The third-order valence-corrected chi connectivity index (χ3v) is 4.39. The Kier molecular flexibility index (Phi) is 5.84. The summed E-state index contributed by atoms with van der Waals surface area (Å²) in [5.74, 6) is -1.12. The van der Waals surface area contributed by atoms with Crippen LogP contribution < -0.4 is 10.9 Å². The summed E-state index contributed by atoms with van der Waals surface area (Å²) in [6.45, 7) is 2.14. The quantitative estimate of drug-likeness (QED) is 0.688. The second-order valence-corrected chi connectivity index (χ2v) is 6.32. The summed E-state index contributed by atoms with van der Waals surface area (Å²) in [4.78, 5) is 41.1. The van der Waals surface area contributed by atoms with Crippen LogP contribution in [0.25, 0.3) is 10.8 Å². The third-order valence-electron chi connectivity index (χ3n) is 4.39. The van der Waals surface area contributed by atoms with Gasteiger partial charge < -0.3 is 15.2 Å². The summed E-state index contributed by atoms with van der Waals surface area (Å²) in [7, 11) is 0. The van der Waals surface area contributed by atoms with E-state index < -0.39 is 5.91 Å². The molecule has 0 saturated heterocycles.